The lowest BCUT2D eigenvalue weighted by Crippen LogP contribution is -2.08. The Kier molecular flexibility index (Phi) is 4.32. The van der Waals surface area contributed by atoms with Gasteiger partial charge in [0, 0.05) is 17.1 Å². The topological polar surface area (TPSA) is 64.1 Å². The van der Waals surface area contributed by atoms with E-state index in [0.717, 1.165) is 22.0 Å². The van der Waals surface area contributed by atoms with Gasteiger partial charge in [-0.2, -0.15) is 0 Å². The summed E-state index contributed by atoms with van der Waals surface area (Å²) in [6, 6.07) is 5.65. The fourth-order valence-electron chi connectivity index (χ4n) is 1.87. The third kappa shape index (κ3) is 3.30. The first kappa shape index (κ1) is 14.6. The van der Waals surface area contributed by atoms with Gasteiger partial charge in [0.25, 0.3) is 0 Å². The molecule has 1 aliphatic rings. The van der Waals surface area contributed by atoms with E-state index in [9.17, 15) is 4.79 Å². The minimum atomic E-state index is -0.171. The number of benzene rings is 1. The van der Waals surface area contributed by atoms with Crippen molar-refractivity contribution in [3.8, 4) is 0 Å². The smallest absolute Gasteiger partial charge is 0.319 e. The maximum Gasteiger partial charge on any atom is 0.319 e. The second-order valence-corrected chi connectivity index (χ2v) is 7.31. The molecule has 5 nitrogen and oxygen atoms in total. The van der Waals surface area contributed by atoms with Crippen molar-refractivity contribution in [1.29, 1.82) is 0 Å². The highest BCUT2D eigenvalue weighted by Crippen LogP contribution is 2.34. The van der Waals surface area contributed by atoms with Gasteiger partial charge >= 0.3 is 5.97 Å². The first-order valence-corrected chi connectivity index (χ1v) is 8.40. The average molecular weight is 342 g/mol. The van der Waals surface area contributed by atoms with Gasteiger partial charge < -0.3 is 10.1 Å². The Morgan fingerprint density at radius 3 is 3.10 bits per heavy atom. The minimum absolute atomic E-state index is 0.168. The second-order valence-electron chi connectivity index (χ2n) is 4.47. The number of nitrogens with zero attached hydrogens (tertiary/aromatic N) is 2. The number of anilines is 2. The summed E-state index contributed by atoms with van der Waals surface area (Å²) in [6.45, 7) is 2.43. The van der Waals surface area contributed by atoms with E-state index in [2.05, 4.69) is 15.5 Å². The number of aromatic nitrogens is 2. The van der Waals surface area contributed by atoms with E-state index in [4.69, 9.17) is 16.3 Å². The summed E-state index contributed by atoms with van der Waals surface area (Å²) in [4.78, 5) is 11.4. The molecule has 1 N–H and O–H groups in total. The van der Waals surface area contributed by atoms with Crippen LogP contribution in [0.1, 0.15) is 12.0 Å². The summed E-state index contributed by atoms with van der Waals surface area (Å²) in [7, 11) is 0. The maximum absolute atomic E-state index is 11.4. The molecule has 0 bridgehead atoms. The molecule has 1 unspecified atom stereocenters. The Bertz CT molecular complexity index is 677. The van der Waals surface area contributed by atoms with E-state index >= 15 is 0 Å². The monoisotopic (exact) mass is 341 g/mol. The maximum atomic E-state index is 11.4. The number of esters is 1. The predicted octanol–water partition coefficient (Wildman–Crippen LogP) is 3.65. The molecule has 2 heterocycles. The molecule has 0 saturated carbocycles. The largest absolute Gasteiger partial charge is 0.465 e. The summed E-state index contributed by atoms with van der Waals surface area (Å²) < 4.78 is 5.69. The van der Waals surface area contributed by atoms with E-state index in [0.29, 0.717) is 16.8 Å². The van der Waals surface area contributed by atoms with Crippen molar-refractivity contribution in [2.45, 2.75) is 22.9 Å². The van der Waals surface area contributed by atoms with Crippen molar-refractivity contribution in [3.05, 3.63) is 28.8 Å². The lowest BCUT2D eigenvalue weighted by atomic mass is 10.2. The molecule has 0 amide bonds. The first-order chi connectivity index (χ1) is 10.1. The van der Waals surface area contributed by atoms with Crippen molar-refractivity contribution in [2.24, 2.45) is 0 Å². The SMILES string of the molecule is Cc1c(Cl)cccc1Nc1nnc(SC2CCOC2=O)s1. The second kappa shape index (κ2) is 6.21. The van der Waals surface area contributed by atoms with Crippen LogP contribution in [0.4, 0.5) is 10.8 Å². The van der Waals surface area contributed by atoms with Gasteiger partial charge in [-0.25, -0.2) is 0 Å². The van der Waals surface area contributed by atoms with Crippen molar-refractivity contribution in [1.82, 2.24) is 10.2 Å². The summed E-state index contributed by atoms with van der Waals surface area (Å²) in [6.07, 6.45) is 0.721. The molecule has 0 aliphatic carbocycles. The van der Waals surface area contributed by atoms with Gasteiger partial charge in [0.05, 0.1) is 6.61 Å². The lowest BCUT2D eigenvalue weighted by molar-refractivity contribution is -0.137. The van der Waals surface area contributed by atoms with E-state index in [1.54, 1.807) is 0 Å². The highest BCUT2D eigenvalue weighted by molar-refractivity contribution is 8.02. The molecule has 0 radical (unpaired) electrons. The van der Waals surface area contributed by atoms with Crippen LogP contribution in [0.2, 0.25) is 5.02 Å². The number of nitrogens with one attached hydrogen (secondary N) is 1. The van der Waals surface area contributed by atoms with Crippen LogP contribution in [-0.4, -0.2) is 28.0 Å². The number of carbonyl (C=O) groups is 1. The Morgan fingerprint density at radius 2 is 2.33 bits per heavy atom. The molecule has 1 saturated heterocycles. The number of carbonyl (C=O) groups excluding carboxylic acids is 1. The Labute approximate surface area is 135 Å². The number of hydrogen-bond acceptors (Lipinski definition) is 7. The summed E-state index contributed by atoms with van der Waals surface area (Å²) >= 11 is 8.90. The molecular formula is C13H12ClN3O2S2. The van der Waals surface area contributed by atoms with Crippen molar-refractivity contribution in [2.75, 3.05) is 11.9 Å². The van der Waals surface area contributed by atoms with Crippen LogP contribution >= 0.6 is 34.7 Å². The van der Waals surface area contributed by atoms with E-state index in [1.807, 2.05) is 25.1 Å². The van der Waals surface area contributed by atoms with Crippen LogP contribution in [0.3, 0.4) is 0 Å². The molecular weight excluding hydrogens is 330 g/mol. The van der Waals surface area contributed by atoms with E-state index < -0.39 is 0 Å². The van der Waals surface area contributed by atoms with Crippen LogP contribution < -0.4 is 5.32 Å². The zero-order chi connectivity index (χ0) is 14.8. The first-order valence-electron chi connectivity index (χ1n) is 6.32. The molecule has 21 heavy (non-hydrogen) atoms. The molecule has 0 spiro atoms. The number of halogens is 1. The number of cyclic esters (lactones) is 1. The van der Waals surface area contributed by atoms with Gasteiger partial charge in [-0.1, -0.05) is 40.8 Å². The minimum Gasteiger partial charge on any atom is -0.465 e. The average Bonchev–Trinajstić information content (AvgIpc) is 3.06. The van der Waals surface area contributed by atoms with Gasteiger partial charge in [0.15, 0.2) is 4.34 Å². The van der Waals surface area contributed by atoms with Gasteiger partial charge in [-0.05, 0) is 24.6 Å². The van der Waals surface area contributed by atoms with Crippen LogP contribution in [-0.2, 0) is 9.53 Å². The number of rotatable bonds is 4. The zero-order valence-corrected chi connectivity index (χ0v) is 13.5. The molecule has 8 heteroatoms. The summed E-state index contributed by atoms with van der Waals surface area (Å²) in [5.74, 6) is -0.171. The van der Waals surface area contributed by atoms with Crippen LogP contribution in [0.25, 0.3) is 0 Å². The fourth-order valence-corrected chi connectivity index (χ4v) is 4.02. The Balaban J connectivity index is 1.70. The van der Waals surface area contributed by atoms with Gasteiger partial charge in [-0.15, -0.1) is 10.2 Å². The quantitative estimate of drug-likeness (QED) is 0.856. The third-order valence-corrected chi connectivity index (χ3v) is 5.62. The molecule has 1 aliphatic heterocycles. The van der Waals surface area contributed by atoms with Gasteiger partial charge in [-0.3, -0.25) is 4.79 Å². The highest BCUT2D eigenvalue weighted by Gasteiger charge is 2.28. The Morgan fingerprint density at radius 1 is 1.48 bits per heavy atom. The third-order valence-electron chi connectivity index (χ3n) is 3.05. The standard InChI is InChI=1S/C13H12ClN3O2S2/c1-7-8(14)3-2-4-9(7)15-12-16-17-13(21-12)20-10-5-6-19-11(10)18/h2-4,10H,5-6H2,1H3,(H,15,16). The number of ether oxygens (including phenoxy) is 1. The molecule has 1 aromatic carbocycles. The number of hydrogen-bond donors (Lipinski definition) is 1. The lowest BCUT2D eigenvalue weighted by Gasteiger charge is -2.07. The van der Waals surface area contributed by atoms with Crippen molar-refractivity contribution in [3.63, 3.8) is 0 Å². The van der Waals surface area contributed by atoms with Gasteiger partial charge in [0.1, 0.15) is 5.25 Å². The Hall–Kier alpha value is -1.31. The molecule has 110 valence electrons. The summed E-state index contributed by atoms with van der Waals surface area (Å²) in [5.41, 5.74) is 1.86. The van der Waals surface area contributed by atoms with Crippen LogP contribution in [0, 0.1) is 6.92 Å². The van der Waals surface area contributed by atoms with Crippen LogP contribution in [0.15, 0.2) is 22.5 Å². The van der Waals surface area contributed by atoms with Crippen molar-refractivity contribution >= 4 is 51.5 Å². The molecule has 3 rings (SSSR count). The highest BCUT2D eigenvalue weighted by atomic mass is 35.5. The zero-order valence-electron chi connectivity index (χ0n) is 11.1. The van der Waals surface area contributed by atoms with Crippen LogP contribution in [0.5, 0.6) is 0 Å². The van der Waals surface area contributed by atoms with Gasteiger partial charge in [0.2, 0.25) is 5.13 Å². The normalized spacial score (nSPS) is 17.8. The van der Waals surface area contributed by atoms with E-state index in [1.165, 1.54) is 23.1 Å². The number of thioether (sulfide) groups is 1. The molecule has 2 aromatic rings. The molecule has 1 atom stereocenters. The molecule has 1 aromatic heterocycles. The van der Waals surface area contributed by atoms with E-state index in [-0.39, 0.29) is 11.2 Å². The fraction of sp³-hybridized carbons (Fsp3) is 0.308. The molecule has 1 fully saturated rings. The summed E-state index contributed by atoms with van der Waals surface area (Å²) in [5, 5.41) is 12.6. The predicted molar refractivity (Wildman–Crippen MR) is 84.6 cm³/mol. The van der Waals surface area contributed by atoms with Crippen molar-refractivity contribution < 1.29 is 9.53 Å².